The first-order valence-electron chi connectivity index (χ1n) is 13.5. The number of carbonyl (C=O) groups excluding carboxylic acids is 2. The second kappa shape index (κ2) is 13.9. The van der Waals surface area contributed by atoms with Crippen LogP contribution in [0.4, 0.5) is 10.8 Å². The monoisotopic (exact) mass is 612 g/mol. The molecule has 4 rings (SSSR count). The van der Waals surface area contributed by atoms with Crippen LogP contribution in [0.2, 0.25) is 0 Å². The molecular weight excluding hydrogens is 576 g/mol. The van der Waals surface area contributed by atoms with Gasteiger partial charge in [-0.3, -0.25) is 14.4 Å². The molecule has 1 aliphatic carbocycles. The van der Waals surface area contributed by atoms with E-state index in [1.807, 2.05) is 25.3 Å². The van der Waals surface area contributed by atoms with Gasteiger partial charge in [-0.15, -0.1) is 11.3 Å². The van der Waals surface area contributed by atoms with Gasteiger partial charge in [0.1, 0.15) is 6.04 Å². The van der Waals surface area contributed by atoms with E-state index in [0.29, 0.717) is 58.5 Å². The van der Waals surface area contributed by atoms with Gasteiger partial charge in [-0.25, -0.2) is 4.98 Å². The van der Waals surface area contributed by atoms with Crippen LogP contribution in [0.5, 0.6) is 17.2 Å². The second-order valence-corrected chi connectivity index (χ2v) is 12.1. The Morgan fingerprint density at radius 2 is 1.90 bits per heavy atom. The zero-order chi connectivity index (χ0) is 30.4. The molecule has 0 bridgehead atoms. The van der Waals surface area contributed by atoms with Crippen molar-refractivity contribution in [3.63, 3.8) is 0 Å². The third-order valence-electron chi connectivity index (χ3n) is 7.02. The minimum absolute atomic E-state index is 0.206. The first-order valence-corrected chi connectivity index (χ1v) is 15.7. The molecule has 1 heterocycles. The largest absolute Gasteiger partial charge is 0.493 e. The van der Waals surface area contributed by atoms with Crippen LogP contribution >= 0.6 is 23.1 Å². The van der Waals surface area contributed by atoms with E-state index in [1.54, 1.807) is 45.4 Å². The van der Waals surface area contributed by atoms with Crippen LogP contribution in [-0.4, -0.2) is 56.2 Å². The number of rotatable bonds is 11. The minimum atomic E-state index is -0.672. The van der Waals surface area contributed by atoms with Crippen molar-refractivity contribution in [2.45, 2.75) is 45.2 Å². The van der Waals surface area contributed by atoms with Crippen molar-refractivity contribution < 1.29 is 23.8 Å². The summed E-state index contributed by atoms with van der Waals surface area (Å²) in [5, 5.41) is 9.58. The summed E-state index contributed by atoms with van der Waals surface area (Å²) in [6, 6.07) is 5.86. The molecule has 42 heavy (non-hydrogen) atoms. The number of methoxy groups -OCH3 is 3. The second-order valence-electron chi connectivity index (χ2n) is 9.84. The average molecular weight is 613 g/mol. The van der Waals surface area contributed by atoms with Gasteiger partial charge in [0.2, 0.25) is 23.0 Å². The summed E-state index contributed by atoms with van der Waals surface area (Å²) in [6.45, 7) is 3.37. The Labute approximate surface area is 253 Å². The van der Waals surface area contributed by atoms with Crippen LogP contribution < -0.4 is 35.6 Å². The lowest BCUT2D eigenvalue weighted by Crippen LogP contribution is -2.36. The zero-order valence-electron chi connectivity index (χ0n) is 24.6. The van der Waals surface area contributed by atoms with E-state index in [2.05, 4.69) is 20.9 Å². The van der Waals surface area contributed by atoms with Crippen molar-refractivity contribution in [2.75, 3.05) is 44.0 Å². The highest BCUT2D eigenvalue weighted by molar-refractivity contribution is 7.98. The maximum absolute atomic E-state index is 13.7. The van der Waals surface area contributed by atoms with Gasteiger partial charge in [0.15, 0.2) is 16.6 Å². The van der Waals surface area contributed by atoms with E-state index in [4.69, 9.17) is 14.2 Å². The van der Waals surface area contributed by atoms with Crippen molar-refractivity contribution in [1.29, 1.82) is 0 Å². The number of benzene rings is 1. The number of hydrogen-bond donors (Lipinski definition) is 3. The van der Waals surface area contributed by atoms with E-state index in [0.717, 1.165) is 16.0 Å². The molecule has 3 aromatic rings. The Bertz CT molecular complexity index is 1530. The average Bonchev–Trinajstić information content (AvgIpc) is 3.23. The van der Waals surface area contributed by atoms with Crippen LogP contribution in [0.1, 0.15) is 41.8 Å². The van der Waals surface area contributed by atoms with E-state index >= 15 is 0 Å². The van der Waals surface area contributed by atoms with Crippen LogP contribution in [-0.2, 0) is 16.0 Å². The maximum atomic E-state index is 13.7. The van der Waals surface area contributed by atoms with Crippen molar-refractivity contribution in [2.24, 2.45) is 0 Å². The number of nitrogens with one attached hydrogen (secondary N) is 3. The lowest BCUT2D eigenvalue weighted by molar-refractivity contribution is -0.120. The smallest absolute Gasteiger partial charge is 0.248 e. The van der Waals surface area contributed by atoms with Crippen LogP contribution in [0.15, 0.2) is 35.3 Å². The Balaban J connectivity index is 1.84. The van der Waals surface area contributed by atoms with Gasteiger partial charge < -0.3 is 30.2 Å². The number of thiazole rings is 1. The number of thioether (sulfide) groups is 1. The molecule has 1 aromatic heterocycles. The highest BCUT2D eigenvalue weighted by atomic mass is 32.2. The molecule has 10 nitrogen and oxygen atoms in total. The topological polar surface area (TPSA) is 128 Å². The number of ether oxygens (including phenoxy) is 3. The fourth-order valence-electron chi connectivity index (χ4n) is 5.12. The van der Waals surface area contributed by atoms with Gasteiger partial charge in [-0.05, 0) is 73.1 Å². The molecule has 12 heteroatoms. The molecule has 224 valence electrons. The molecule has 0 aliphatic heterocycles. The quantitative estimate of drug-likeness (QED) is 0.280. The van der Waals surface area contributed by atoms with Gasteiger partial charge in [0.05, 0.1) is 33.1 Å². The van der Waals surface area contributed by atoms with Crippen LogP contribution in [0.25, 0.3) is 11.1 Å². The third kappa shape index (κ3) is 6.81. The number of hydrogen-bond acceptors (Lipinski definition) is 10. The first kappa shape index (κ1) is 31.2. The Kier molecular flexibility index (Phi) is 10.3. The Morgan fingerprint density at radius 3 is 2.52 bits per heavy atom. The fraction of sp³-hybridized carbons (Fsp3) is 0.400. The van der Waals surface area contributed by atoms with E-state index in [9.17, 15) is 14.4 Å². The molecule has 2 aromatic carbocycles. The fourth-order valence-corrected chi connectivity index (χ4v) is 6.26. The SMILES string of the molecule is COc1cc2c(c(OC)c1OC)-c1ccc(N[C@H](CCSC)C(=O)Nc3ncc(C)s3)c(=O)cc1[C@@H](NC(C)=O)CC2. The number of anilines is 2. The number of aryl methyl sites for hydroxylation is 2. The molecule has 0 radical (unpaired) electrons. The standard InChI is InChI=1S/C30H36N4O6S2/c1-16-15-31-30(42-16)34-29(37)23(11-12-41-6)33-22-10-8-19-20(14-24(22)36)21(32-17(2)35)9-7-18-13-25(38-3)27(39-4)28(40-5)26(18)19/h8,10,13-15,21,23H,7,9,11-12H2,1-6H3,(H,32,35)(H,33,36)(H,31,34,37)/t21-,23+/m0/s1. The zero-order valence-corrected chi connectivity index (χ0v) is 26.2. The van der Waals surface area contributed by atoms with Gasteiger partial charge in [0.25, 0.3) is 0 Å². The van der Waals surface area contributed by atoms with Gasteiger partial charge >= 0.3 is 0 Å². The number of carbonyl (C=O) groups is 2. The Morgan fingerprint density at radius 1 is 1.14 bits per heavy atom. The van der Waals surface area contributed by atoms with Crippen LogP contribution in [0.3, 0.4) is 0 Å². The van der Waals surface area contributed by atoms with E-state index in [-0.39, 0.29) is 22.9 Å². The predicted molar refractivity (Wildman–Crippen MR) is 169 cm³/mol. The molecule has 0 fully saturated rings. The lowest BCUT2D eigenvalue weighted by atomic mass is 9.95. The Hall–Kier alpha value is -3.77. The number of aromatic nitrogens is 1. The molecule has 2 atom stereocenters. The van der Waals surface area contributed by atoms with E-state index < -0.39 is 12.1 Å². The summed E-state index contributed by atoms with van der Waals surface area (Å²) >= 11 is 3.00. The third-order valence-corrected chi connectivity index (χ3v) is 8.50. The molecule has 0 saturated carbocycles. The molecule has 2 amide bonds. The van der Waals surface area contributed by atoms with Crippen molar-refractivity contribution in [3.05, 3.63) is 56.7 Å². The summed E-state index contributed by atoms with van der Waals surface area (Å²) in [4.78, 5) is 44.4. The van der Waals surface area contributed by atoms with E-state index in [1.165, 1.54) is 24.3 Å². The van der Waals surface area contributed by atoms with Crippen molar-refractivity contribution in [1.82, 2.24) is 10.3 Å². The molecule has 0 unspecified atom stereocenters. The summed E-state index contributed by atoms with van der Waals surface area (Å²) in [5.74, 6) is 1.66. The van der Waals surface area contributed by atoms with Crippen molar-refractivity contribution >= 4 is 45.7 Å². The predicted octanol–water partition coefficient (Wildman–Crippen LogP) is 4.80. The normalized spacial score (nSPS) is 14.5. The van der Waals surface area contributed by atoms with Gasteiger partial charge in [-0.1, -0.05) is 6.07 Å². The summed E-state index contributed by atoms with van der Waals surface area (Å²) < 4.78 is 17.1. The first-order chi connectivity index (χ1) is 20.2. The minimum Gasteiger partial charge on any atom is -0.493 e. The van der Waals surface area contributed by atoms with Crippen LogP contribution in [0, 0.1) is 6.92 Å². The number of amides is 2. The van der Waals surface area contributed by atoms with Gasteiger partial charge in [-0.2, -0.15) is 11.8 Å². The highest BCUT2D eigenvalue weighted by Crippen LogP contribution is 2.50. The number of nitrogens with zero attached hydrogens (tertiary/aromatic N) is 1. The highest BCUT2D eigenvalue weighted by Gasteiger charge is 2.30. The lowest BCUT2D eigenvalue weighted by Gasteiger charge is -2.19. The van der Waals surface area contributed by atoms with Gasteiger partial charge in [0, 0.05) is 23.6 Å². The molecule has 0 saturated heterocycles. The van der Waals surface area contributed by atoms with Crippen molar-refractivity contribution in [3.8, 4) is 28.4 Å². The molecular formula is C30H36N4O6S2. The maximum Gasteiger partial charge on any atom is 0.248 e. The summed E-state index contributed by atoms with van der Waals surface area (Å²) in [7, 11) is 4.66. The molecule has 1 aliphatic rings. The number of fused-ring (bicyclic) bond motifs is 3. The summed E-state index contributed by atoms with van der Waals surface area (Å²) in [6.07, 6.45) is 5.32. The molecule has 3 N–H and O–H groups in total. The molecule has 0 spiro atoms. The summed E-state index contributed by atoms with van der Waals surface area (Å²) in [5.41, 5.74) is 3.02.